The van der Waals surface area contributed by atoms with Gasteiger partial charge in [-0.05, 0) is 17.5 Å². The van der Waals surface area contributed by atoms with E-state index in [1.165, 1.54) is 0 Å². The van der Waals surface area contributed by atoms with Crippen molar-refractivity contribution in [3.63, 3.8) is 0 Å². The molecule has 4 heterocycles. The molecule has 4 aromatic heterocycles. The van der Waals surface area contributed by atoms with Crippen molar-refractivity contribution in [1.29, 1.82) is 0 Å². The Morgan fingerprint density at radius 1 is 1.38 bits per heavy atom. The van der Waals surface area contributed by atoms with Crippen molar-refractivity contribution >= 4 is 22.6 Å². The number of rotatable bonds is 3. The molecule has 0 saturated heterocycles. The van der Waals surface area contributed by atoms with Crippen molar-refractivity contribution in [2.75, 3.05) is 0 Å². The molecule has 0 aliphatic heterocycles. The zero-order valence-electron chi connectivity index (χ0n) is 10.8. The molecular formula is C14H10N4O2S. The molecule has 4 rings (SSSR count). The van der Waals surface area contributed by atoms with Crippen LogP contribution in [0, 0.1) is 0 Å². The van der Waals surface area contributed by atoms with Crippen LogP contribution in [-0.2, 0) is 6.54 Å². The van der Waals surface area contributed by atoms with E-state index in [0.29, 0.717) is 23.5 Å². The van der Waals surface area contributed by atoms with E-state index in [2.05, 4.69) is 15.0 Å². The van der Waals surface area contributed by atoms with Gasteiger partial charge < -0.3 is 4.42 Å². The van der Waals surface area contributed by atoms with Crippen molar-refractivity contribution in [3.05, 3.63) is 57.7 Å². The van der Waals surface area contributed by atoms with Gasteiger partial charge in [-0.1, -0.05) is 6.07 Å². The lowest BCUT2D eigenvalue weighted by Crippen LogP contribution is -2.17. The number of imidazole rings is 1. The van der Waals surface area contributed by atoms with E-state index in [4.69, 9.17) is 4.42 Å². The van der Waals surface area contributed by atoms with Crippen LogP contribution in [0.15, 0.2) is 51.5 Å². The Bertz CT molecular complexity index is 935. The summed E-state index contributed by atoms with van der Waals surface area (Å²) in [5.74, 6) is 0. The second-order valence-corrected chi connectivity index (χ2v) is 5.57. The molecular weight excluding hydrogens is 288 g/mol. The molecule has 0 spiro atoms. The van der Waals surface area contributed by atoms with Crippen molar-refractivity contribution in [3.8, 4) is 11.3 Å². The van der Waals surface area contributed by atoms with Crippen LogP contribution in [0.3, 0.4) is 0 Å². The Hall–Kier alpha value is -2.67. The third-order valence-corrected chi connectivity index (χ3v) is 4.05. The maximum absolute atomic E-state index is 12.1. The molecule has 104 valence electrons. The van der Waals surface area contributed by atoms with Crippen LogP contribution in [0.5, 0.6) is 0 Å². The zero-order valence-corrected chi connectivity index (χ0v) is 11.6. The first-order valence-corrected chi connectivity index (χ1v) is 7.20. The summed E-state index contributed by atoms with van der Waals surface area (Å²) in [6.45, 7) is 0.486. The Kier molecular flexibility index (Phi) is 2.71. The van der Waals surface area contributed by atoms with Gasteiger partial charge in [0.15, 0.2) is 11.3 Å². The first-order chi connectivity index (χ1) is 10.3. The number of hydrogen-bond donors (Lipinski definition) is 1. The molecule has 0 unspecified atom stereocenters. The van der Waals surface area contributed by atoms with E-state index >= 15 is 0 Å². The Labute approximate surface area is 122 Å². The van der Waals surface area contributed by atoms with Gasteiger partial charge in [-0.2, -0.15) is 0 Å². The van der Waals surface area contributed by atoms with Crippen LogP contribution in [-0.4, -0.2) is 19.5 Å². The number of thiophene rings is 1. The molecule has 21 heavy (non-hydrogen) atoms. The van der Waals surface area contributed by atoms with Gasteiger partial charge in [0.25, 0.3) is 0 Å². The Balaban J connectivity index is 1.87. The van der Waals surface area contributed by atoms with Gasteiger partial charge in [-0.25, -0.2) is 14.8 Å². The predicted octanol–water partition coefficient (Wildman–Crippen LogP) is 2.49. The monoisotopic (exact) mass is 298 g/mol. The summed E-state index contributed by atoms with van der Waals surface area (Å²) >= 11 is 1.60. The molecule has 6 nitrogen and oxygen atoms in total. The van der Waals surface area contributed by atoms with E-state index < -0.39 is 0 Å². The maximum Gasteiger partial charge on any atom is 0.329 e. The smallest absolute Gasteiger partial charge is 0.329 e. The number of aromatic nitrogens is 4. The number of aromatic amines is 1. The van der Waals surface area contributed by atoms with E-state index in [0.717, 1.165) is 10.4 Å². The highest BCUT2D eigenvalue weighted by Crippen LogP contribution is 2.19. The highest BCUT2D eigenvalue weighted by Gasteiger charge is 2.12. The van der Waals surface area contributed by atoms with Gasteiger partial charge in [0.2, 0.25) is 0 Å². The van der Waals surface area contributed by atoms with Gasteiger partial charge in [0.1, 0.15) is 0 Å². The van der Waals surface area contributed by atoms with Crippen molar-refractivity contribution in [1.82, 2.24) is 19.5 Å². The number of fused-ring (bicyclic) bond motifs is 1. The quantitative estimate of drug-likeness (QED) is 0.630. The second kappa shape index (κ2) is 4.71. The lowest BCUT2D eigenvalue weighted by atomic mass is 10.2. The second-order valence-electron chi connectivity index (χ2n) is 4.54. The largest absolute Gasteiger partial charge is 0.472 e. The lowest BCUT2D eigenvalue weighted by molar-refractivity contribution is 0.568. The number of nitrogens with one attached hydrogen (secondary N) is 1. The molecule has 0 bridgehead atoms. The van der Waals surface area contributed by atoms with Crippen LogP contribution in [0.25, 0.3) is 22.6 Å². The molecule has 0 aliphatic rings. The summed E-state index contributed by atoms with van der Waals surface area (Å²) in [6.07, 6.45) is 4.81. The van der Waals surface area contributed by atoms with Gasteiger partial charge in [0.05, 0.1) is 31.0 Å². The molecule has 0 atom stereocenters. The van der Waals surface area contributed by atoms with E-state index in [1.807, 2.05) is 23.6 Å². The number of nitrogens with zero attached hydrogens (tertiary/aromatic N) is 3. The third-order valence-electron chi connectivity index (χ3n) is 3.19. The third kappa shape index (κ3) is 2.07. The highest BCUT2D eigenvalue weighted by molar-refractivity contribution is 7.09. The van der Waals surface area contributed by atoms with Crippen molar-refractivity contribution in [2.45, 2.75) is 6.54 Å². The topological polar surface area (TPSA) is 76.7 Å². The molecule has 1 N–H and O–H groups in total. The normalized spacial score (nSPS) is 11.2. The predicted molar refractivity (Wildman–Crippen MR) is 79.3 cm³/mol. The van der Waals surface area contributed by atoms with Gasteiger partial charge in [-0.3, -0.25) is 9.55 Å². The maximum atomic E-state index is 12.1. The summed E-state index contributed by atoms with van der Waals surface area (Å²) in [6, 6.07) is 5.76. The molecule has 0 radical (unpaired) electrons. The average molecular weight is 298 g/mol. The standard InChI is InChI=1S/C14H10N4O2S/c19-14-17-12-13(18(14)7-10-2-1-5-21-10)16-11(6-15-12)9-3-4-20-8-9/h1-6,8H,7H2,(H,15,17,19). The minimum absolute atomic E-state index is 0.206. The summed E-state index contributed by atoms with van der Waals surface area (Å²) in [5.41, 5.74) is 2.34. The van der Waals surface area contributed by atoms with Crippen LogP contribution < -0.4 is 5.69 Å². The molecule has 7 heteroatoms. The van der Waals surface area contributed by atoms with Crippen molar-refractivity contribution < 1.29 is 4.42 Å². The Morgan fingerprint density at radius 2 is 2.33 bits per heavy atom. The molecule has 0 aliphatic carbocycles. The summed E-state index contributed by atoms with van der Waals surface area (Å²) < 4.78 is 6.65. The zero-order chi connectivity index (χ0) is 14.2. The fraction of sp³-hybridized carbons (Fsp3) is 0.0714. The SMILES string of the molecule is O=c1[nH]c2ncc(-c3ccoc3)nc2n1Cc1cccs1. The minimum atomic E-state index is -0.206. The molecule has 0 fully saturated rings. The first-order valence-electron chi connectivity index (χ1n) is 6.32. The fourth-order valence-corrected chi connectivity index (χ4v) is 2.87. The van der Waals surface area contributed by atoms with Gasteiger partial charge in [-0.15, -0.1) is 11.3 Å². The number of hydrogen-bond acceptors (Lipinski definition) is 5. The average Bonchev–Trinajstić information content (AvgIpc) is 3.22. The van der Waals surface area contributed by atoms with E-state index in [9.17, 15) is 4.79 Å². The van der Waals surface area contributed by atoms with E-state index in [1.54, 1.807) is 34.6 Å². The molecule has 0 amide bonds. The van der Waals surface area contributed by atoms with Crippen LogP contribution in [0.4, 0.5) is 0 Å². The van der Waals surface area contributed by atoms with Gasteiger partial charge in [0, 0.05) is 10.4 Å². The van der Waals surface area contributed by atoms with Crippen LogP contribution >= 0.6 is 11.3 Å². The number of furan rings is 1. The van der Waals surface area contributed by atoms with Crippen LogP contribution in [0.1, 0.15) is 4.88 Å². The lowest BCUT2D eigenvalue weighted by Gasteiger charge is -2.01. The van der Waals surface area contributed by atoms with E-state index in [-0.39, 0.29) is 5.69 Å². The molecule has 4 aromatic rings. The van der Waals surface area contributed by atoms with Gasteiger partial charge >= 0.3 is 5.69 Å². The highest BCUT2D eigenvalue weighted by atomic mass is 32.1. The Morgan fingerprint density at radius 3 is 3.10 bits per heavy atom. The summed E-state index contributed by atoms with van der Waals surface area (Å²) in [7, 11) is 0. The fourth-order valence-electron chi connectivity index (χ4n) is 2.18. The molecule has 0 saturated carbocycles. The van der Waals surface area contributed by atoms with Crippen molar-refractivity contribution in [2.24, 2.45) is 0 Å². The molecule has 0 aromatic carbocycles. The summed E-state index contributed by atoms with van der Waals surface area (Å²) in [4.78, 5) is 24.7. The number of H-pyrrole nitrogens is 1. The first kappa shape index (κ1) is 12.1. The summed E-state index contributed by atoms with van der Waals surface area (Å²) in [5, 5.41) is 1.98. The van der Waals surface area contributed by atoms with Crippen LogP contribution in [0.2, 0.25) is 0 Å². The minimum Gasteiger partial charge on any atom is -0.472 e.